The standard InChI is InChI=1S/C18H31NO/c1-20-18-14-12-17(13-15-18)11-9-7-5-3-2-4-6-8-10-16-19/h12-15H,2-11,16,19H2,1H3. The molecule has 114 valence electrons. The highest BCUT2D eigenvalue weighted by Crippen LogP contribution is 2.15. The number of hydrogen-bond donors (Lipinski definition) is 1. The van der Waals surface area contributed by atoms with Gasteiger partial charge in [0.2, 0.25) is 0 Å². The van der Waals surface area contributed by atoms with Crippen LogP contribution >= 0.6 is 0 Å². The maximum atomic E-state index is 5.48. The first-order valence-electron chi connectivity index (χ1n) is 8.20. The molecular formula is C18H31NO. The van der Waals surface area contributed by atoms with Crippen LogP contribution in [0.25, 0.3) is 0 Å². The zero-order valence-electron chi connectivity index (χ0n) is 13.1. The van der Waals surface area contributed by atoms with Crippen LogP contribution in [-0.2, 0) is 6.42 Å². The average molecular weight is 277 g/mol. The van der Waals surface area contributed by atoms with Crippen molar-refractivity contribution in [2.45, 2.75) is 64.2 Å². The Bertz CT molecular complexity index is 321. The van der Waals surface area contributed by atoms with Crippen LogP contribution < -0.4 is 10.5 Å². The van der Waals surface area contributed by atoms with Crippen LogP contribution in [0.3, 0.4) is 0 Å². The van der Waals surface area contributed by atoms with Gasteiger partial charge < -0.3 is 10.5 Å². The zero-order chi connectivity index (χ0) is 14.5. The first kappa shape index (κ1) is 17.0. The van der Waals surface area contributed by atoms with Crippen molar-refractivity contribution in [1.82, 2.24) is 0 Å². The Kier molecular flexibility index (Phi) is 10.0. The van der Waals surface area contributed by atoms with E-state index in [1.165, 1.54) is 69.8 Å². The van der Waals surface area contributed by atoms with Crippen LogP contribution in [0.1, 0.15) is 63.4 Å². The first-order chi connectivity index (χ1) is 9.86. The molecule has 0 heterocycles. The number of unbranched alkanes of at least 4 members (excludes halogenated alkanes) is 8. The maximum Gasteiger partial charge on any atom is 0.118 e. The second-order valence-corrected chi connectivity index (χ2v) is 5.57. The predicted octanol–water partition coefficient (Wildman–Crippen LogP) is 4.71. The van der Waals surface area contributed by atoms with Crippen LogP contribution in [0.15, 0.2) is 24.3 Å². The summed E-state index contributed by atoms with van der Waals surface area (Å²) in [6.07, 6.45) is 13.3. The second-order valence-electron chi connectivity index (χ2n) is 5.57. The molecule has 0 radical (unpaired) electrons. The van der Waals surface area contributed by atoms with E-state index in [1.54, 1.807) is 7.11 Å². The summed E-state index contributed by atoms with van der Waals surface area (Å²) >= 11 is 0. The Morgan fingerprint density at radius 2 is 1.25 bits per heavy atom. The number of rotatable bonds is 12. The molecule has 0 aromatic heterocycles. The molecule has 20 heavy (non-hydrogen) atoms. The Labute approximate surface area is 124 Å². The minimum atomic E-state index is 0.853. The third kappa shape index (κ3) is 8.21. The van der Waals surface area contributed by atoms with Crippen LogP contribution in [-0.4, -0.2) is 13.7 Å². The summed E-state index contributed by atoms with van der Waals surface area (Å²) in [5, 5.41) is 0. The average Bonchev–Trinajstić information content (AvgIpc) is 2.50. The fourth-order valence-corrected chi connectivity index (χ4v) is 2.50. The summed E-state index contributed by atoms with van der Waals surface area (Å²) < 4.78 is 5.17. The highest BCUT2D eigenvalue weighted by atomic mass is 16.5. The maximum absolute atomic E-state index is 5.48. The fourth-order valence-electron chi connectivity index (χ4n) is 2.50. The minimum absolute atomic E-state index is 0.853. The number of hydrogen-bond acceptors (Lipinski definition) is 2. The van der Waals surface area contributed by atoms with Gasteiger partial charge in [-0.15, -0.1) is 0 Å². The van der Waals surface area contributed by atoms with Gasteiger partial charge in [-0.2, -0.15) is 0 Å². The van der Waals surface area contributed by atoms with Crippen molar-refractivity contribution in [3.8, 4) is 5.75 Å². The van der Waals surface area contributed by atoms with Crippen LogP contribution in [0.5, 0.6) is 5.75 Å². The molecule has 0 aliphatic rings. The van der Waals surface area contributed by atoms with Crippen molar-refractivity contribution in [3.63, 3.8) is 0 Å². The molecule has 0 saturated carbocycles. The van der Waals surface area contributed by atoms with Gasteiger partial charge in [0.15, 0.2) is 0 Å². The highest BCUT2D eigenvalue weighted by Gasteiger charge is 1.96. The lowest BCUT2D eigenvalue weighted by Gasteiger charge is -2.04. The van der Waals surface area contributed by atoms with E-state index in [2.05, 4.69) is 24.3 Å². The van der Waals surface area contributed by atoms with Crippen molar-refractivity contribution < 1.29 is 4.74 Å². The largest absolute Gasteiger partial charge is 0.497 e. The van der Waals surface area contributed by atoms with Gasteiger partial charge in [-0.1, -0.05) is 57.1 Å². The summed E-state index contributed by atoms with van der Waals surface area (Å²) in [7, 11) is 1.71. The number of ether oxygens (including phenoxy) is 1. The van der Waals surface area contributed by atoms with E-state index < -0.39 is 0 Å². The van der Waals surface area contributed by atoms with Gasteiger partial charge in [0.1, 0.15) is 5.75 Å². The lowest BCUT2D eigenvalue weighted by Crippen LogP contribution is -1.97. The summed E-state index contributed by atoms with van der Waals surface area (Å²) in [6.45, 7) is 0.853. The monoisotopic (exact) mass is 277 g/mol. The molecule has 0 amide bonds. The normalized spacial score (nSPS) is 10.7. The number of nitrogens with two attached hydrogens (primary N) is 1. The molecule has 0 unspecified atom stereocenters. The van der Waals surface area contributed by atoms with Gasteiger partial charge in [-0.25, -0.2) is 0 Å². The van der Waals surface area contributed by atoms with Crippen molar-refractivity contribution >= 4 is 0 Å². The molecule has 0 fully saturated rings. The Morgan fingerprint density at radius 1 is 0.750 bits per heavy atom. The number of methoxy groups -OCH3 is 1. The molecule has 2 nitrogen and oxygen atoms in total. The number of benzene rings is 1. The third-order valence-corrected chi connectivity index (χ3v) is 3.83. The lowest BCUT2D eigenvalue weighted by molar-refractivity contribution is 0.414. The molecule has 1 aromatic rings. The Morgan fingerprint density at radius 3 is 1.75 bits per heavy atom. The summed E-state index contributed by atoms with van der Waals surface area (Å²) in [4.78, 5) is 0. The molecule has 1 aromatic carbocycles. The summed E-state index contributed by atoms with van der Waals surface area (Å²) in [5.74, 6) is 0.948. The van der Waals surface area contributed by atoms with Crippen molar-refractivity contribution in [3.05, 3.63) is 29.8 Å². The number of aryl methyl sites for hydroxylation is 1. The van der Waals surface area contributed by atoms with Crippen molar-refractivity contribution in [2.75, 3.05) is 13.7 Å². The van der Waals surface area contributed by atoms with E-state index in [1.807, 2.05) is 0 Å². The van der Waals surface area contributed by atoms with Crippen LogP contribution in [0.2, 0.25) is 0 Å². The van der Waals surface area contributed by atoms with Crippen LogP contribution in [0.4, 0.5) is 0 Å². The van der Waals surface area contributed by atoms with Crippen LogP contribution in [0, 0.1) is 0 Å². The Hall–Kier alpha value is -1.02. The molecule has 0 saturated heterocycles. The van der Waals surface area contributed by atoms with E-state index >= 15 is 0 Å². The van der Waals surface area contributed by atoms with Crippen molar-refractivity contribution in [1.29, 1.82) is 0 Å². The summed E-state index contributed by atoms with van der Waals surface area (Å²) in [5.41, 5.74) is 6.91. The van der Waals surface area contributed by atoms with E-state index in [9.17, 15) is 0 Å². The van der Waals surface area contributed by atoms with Gasteiger partial charge in [0.05, 0.1) is 7.11 Å². The topological polar surface area (TPSA) is 35.2 Å². The zero-order valence-corrected chi connectivity index (χ0v) is 13.1. The fraction of sp³-hybridized carbons (Fsp3) is 0.667. The summed E-state index contributed by atoms with van der Waals surface area (Å²) in [6, 6.07) is 8.46. The van der Waals surface area contributed by atoms with Gasteiger partial charge in [0.25, 0.3) is 0 Å². The minimum Gasteiger partial charge on any atom is -0.497 e. The molecule has 0 bridgehead atoms. The Balaban J connectivity index is 1.91. The quantitative estimate of drug-likeness (QED) is 0.562. The molecule has 2 N–H and O–H groups in total. The van der Waals surface area contributed by atoms with Gasteiger partial charge >= 0.3 is 0 Å². The SMILES string of the molecule is COc1ccc(CCCCCCCCCCCN)cc1. The van der Waals surface area contributed by atoms with E-state index in [-0.39, 0.29) is 0 Å². The third-order valence-electron chi connectivity index (χ3n) is 3.83. The molecule has 0 spiro atoms. The van der Waals surface area contributed by atoms with Gasteiger partial charge in [-0.3, -0.25) is 0 Å². The molecule has 2 heteroatoms. The molecular weight excluding hydrogens is 246 g/mol. The molecule has 0 atom stereocenters. The van der Waals surface area contributed by atoms with E-state index in [0.717, 1.165) is 12.3 Å². The van der Waals surface area contributed by atoms with E-state index in [0.29, 0.717) is 0 Å². The smallest absolute Gasteiger partial charge is 0.118 e. The van der Waals surface area contributed by atoms with E-state index in [4.69, 9.17) is 10.5 Å². The predicted molar refractivity (Wildman–Crippen MR) is 87.3 cm³/mol. The molecule has 0 aliphatic carbocycles. The molecule has 0 aliphatic heterocycles. The van der Waals surface area contributed by atoms with Gasteiger partial charge in [0, 0.05) is 0 Å². The second kappa shape index (κ2) is 11.8. The molecule has 1 rings (SSSR count). The first-order valence-corrected chi connectivity index (χ1v) is 8.20. The van der Waals surface area contributed by atoms with Gasteiger partial charge in [-0.05, 0) is 43.5 Å². The highest BCUT2D eigenvalue weighted by molar-refractivity contribution is 5.27. The van der Waals surface area contributed by atoms with Crippen molar-refractivity contribution in [2.24, 2.45) is 5.73 Å². The lowest BCUT2D eigenvalue weighted by atomic mass is 10.0.